The Labute approximate surface area is 130 Å². The number of hydrogen-bond acceptors (Lipinski definition) is 3. The molecule has 1 heterocycles. The van der Waals surface area contributed by atoms with Crippen molar-refractivity contribution in [1.29, 1.82) is 0 Å². The summed E-state index contributed by atoms with van der Waals surface area (Å²) < 4.78 is 0. The maximum absolute atomic E-state index is 12.7. The first kappa shape index (κ1) is 14.8. The molecule has 2 aliphatic rings. The van der Waals surface area contributed by atoms with Gasteiger partial charge in [0.15, 0.2) is 0 Å². The molecule has 0 aromatic carbocycles. The zero-order valence-electron chi connectivity index (χ0n) is 13.0. The Morgan fingerprint density at radius 2 is 2.14 bits per heavy atom. The molecule has 1 aromatic heterocycles. The van der Waals surface area contributed by atoms with E-state index >= 15 is 0 Å². The largest absolute Gasteiger partial charge is 0.272 e. The lowest BCUT2D eigenvalue weighted by molar-refractivity contribution is -0.129. The van der Waals surface area contributed by atoms with Gasteiger partial charge in [0, 0.05) is 12.4 Å². The van der Waals surface area contributed by atoms with Gasteiger partial charge in [-0.25, -0.2) is 0 Å². The molecule has 2 bridgehead atoms. The van der Waals surface area contributed by atoms with Gasteiger partial charge in [-0.3, -0.25) is 25.4 Å². The molecule has 5 heteroatoms. The molecule has 22 heavy (non-hydrogen) atoms. The first-order valence-electron chi connectivity index (χ1n) is 7.58. The summed E-state index contributed by atoms with van der Waals surface area (Å²) in [6, 6.07) is 3.33. The average Bonchev–Trinajstić information content (AvgIpc) is 3.05. The van der Waals surface area contributed by atoms with E-state index in [1.165, 1.54) is 6.20 Å². The molecule has 0 saturated heterocycles. The van der Waals surface area contributed by atoms with Crippen LogP contribution >= 0.6 is 0 Å². The van der Waals surface area contributed by atoms with Crippen molar-refractivity contribution in [3.63, 3.8) is 0 Å². The molecule has 2 atom stereocenters. The molecule has 0 spiro atoms. The third kappa shape index (κ3) is 2.03. The van der Waals surface area contributed by atoms with Crippen molar-refractivity contribution in [3.05, 3.63) is 42.2 Å². The fraction of sp³-hybridized carbons (Fsp3) is 0.471. The fourth-order valence-corrected chi connectivity index (χ4v) is 3.94. The molecule has 0 radical (unpaired) electrons. The number of amides is 2. The second-order valence-corrected chi connectivity index (χ2v) is 6.87. The summed E-state index contributed by atoms with van der Waals surface area (Å²) in [4.78, 5) is 28.5. The minimum absolute atomic E-state index is 0.0110. The molecule has 5 nitrogen and oxygen atoms in total. The normalized spacial score (nSPS) is 28.5. The molecule has 2 unspecified atom stereocenters. The molecule has 3 rings (SSSR count). The van der Waals surface area contributed by atoms with Crippen molar-refractivity contribution in [2.75, 3.05) is 0 Å². The van der Waals surface area contributed by atoms with Gasteiger partial charge in [-0.1, -0.05) is 26.0 Å². The van der Waals surface area contributed by atoms with Crippen LogP contribution in [0.3, 0.4) is 0 Å². The van der Waals surface area contributed by atoms with Gasteiger partial charge >= 0.3 is 0 Å². The van der Waals surface area contributed by atoms with Gasteiger partial charge in [0.25, 0.3) is 5.91 Å². The molecule has 2 amide bonds. The number of fused-ring (bicyclic) bond motifs is 2. The van der Waals surface area contributed by atoms with Crippen LogP contribution in [0.5, 0.6) is 0 Å². The first-order valence-corrected chi connectivity index (χ1v) is 7.58. The highest BCUT2D eigenvalue weighted by Gasteiger charge is 2.60. The van der Waals surface area contributed by atoms with Gasteiger partial charge in [0.05, 0.1) is 11.0 Å². The van der Waals surface area contributed by atoms with Crippen molar-refractivity contribution >= 4 is 11.8 Å². The lowest BCUT2D eigenvalue weighted by atomic mass is 9.68. The highest BCUT2D eigenvalue weighted by molar-refractivity contribution is 5.96. The van der Waals surface area contributed by atoms with E-state index in [1.54, 1.807) is 18.3 Å². The van der Waals surface area contributed by atoms with Crippen molar-refractivity contribution in [1.82, 2.24) is 15.8 Å². The van der Waals surface area contributed by atoms with Crippen LogP contribution in [0, 0.1) is 16.7 Å². The Balaban J connectivity index is 1.68. The van der Waals surface area contributed by atoms with Crippen molar-refractivity contribution in [2.24, 2.45) is 16.7 Å². The van der Waals surface area contributed by atoms with Crippen LogP contribution in [0.2, 0.25) is 0 Å². The molecule has 2 N–H and O–H groups in total. The number of hydrazine groups is 1. The van der Waals surface area contributed by atoms with Crippen LogP contribution in [0.4, 0.5) is 0 Å². The summed E-state index contributed by atoms with van der Waals surface area (Å²) in [6.45, 7) is 8.49. The SMILES string of the molecule is C=C1C2(C(=O)NNC(=O)c3cccnc3)CCC(C2)C1(C)C. The molecule has 2 saturated carbocycles. The van der Waals surface area contributed by atoms with Crippen LogP contribution in [0.15, 0.2) is 36.7 Å². The number of aromatic nitrogens is 1. The van der Waals surface area contributed by atoms with E-state index in [-0.39, 0.29) is 17.2 Å². The Bertz CT molecular complexity index is 639. The van der Waals surface area contributed by atoms with E-state index < -0.39 is 5.41 Å². The summed E-state index contributed by atoms with van der Waals surface area (Å²) in [5, 5.41) is 0. The van der Waals surface area contributed by atoms with Crippen LogP contribution in [0.1, 0.15) is 43.5 Å². The van der Waals surface area contributed by atoms with E-state index in [0.717, 1.165) is 24.8 Å². The van der Waals surface area contributed by atoms with E-state index in [4.69, 9.17) is 0 Å². The number of pyridine rings is 1. The summed E-state index contributed by atoms with van der Waals surface area (Å²) in [5.74, 6) is -0.0159. The maximum atomic E-state index is 12.7. The van der Waals surface area contributed by atoms with Crippen LogP contribution in [-0.4, -0.2) is 16.8 Å². The number of hydrogen-bond donors (Lipinski definition) is 2. The smallest absolute Gasteiger partial charge is 0.271 e. The highest BCUT2D eigenvalue weighted by Crippen LogP contribution is 2.65. The molecule has 116 valence electrons. The van der Waals surface area contributed by atoms with Gasteiger partial charge in [-0.2, -0.15) is 0 Å². The quantitative estimate of drug-likeness (QED) is 0.650. The van der Waals surface area contributed by atoms with Gasteiger partial charge in [-0.05, 0) is 42.7 Å². The zero-order valence-corrected chi connectivity index (χ0v) is 13.0. The topological polar surface area (TPSA) is 71.1 Å². The fourth-order valence-electron chi connectivity index (χ4n) is 3.94. The minimum Gasteiger partial charge on any atom is -0.272 e. The lowest BCUT2D eigenvalue weighted by Gasteiger charge is -2.37. The third-order valence-corrected chi connectivity index (χ3v) is 5.54. The van der Waals surface area contributed by atoms with Gasteiger partial charge in [-0.15, -0.1) is 0 Å². The minimum atomic E-state index is -0.531. The summed E-state index contributed by atoms with van der Waals surface area (Å²) in [6.07, 6.45) is 5.73. The van der Waals surface area contributed by atoms with Crippen LogP contribution in [-0.2, 0) is 4.79 Å². The number of nitrogens with zero attached hydrogens (tertiary/aromatic N) is 1. The highest BCUT2D eigenvalue weighted by atomic mass is 16.2. The second-order valence-electron chi connectivity index (χ2n) is 6.87. The molecule has 2 aliphatic carbocycles. The summed E-state index contributed by atoms with van der Waals surface area (Å²) in [7, 11) is 0. The Morgan fingerprint density at radius 3 is 2.73 bits per heavy atom. The predicted molar refractivity (Wildman–Crippen MR) is 82.5 cm³/mol. The van der Waals surface area contributed by atoms with E-state index in [9.17, 15) is 9.59 Å². The van der Waals surface area contributed by atoms with Crippen molar-refractivity contribution in [2.45, 2.75) is 33.1 Å². The van der Waals surface area contributed by atoms with Crippen LogP contribution < -0.4 is 10.9 Å². The molecule has 1 aromatic rings. The first-order chi connectivity index (χ1) is 10.4. The zero-order chi connectivity index (χ0) is 16.0. The average molecular weight is 299 g/mol. The molecule has 2 fully saturated rings. The molecular weight excluding hydrogens is 278 g/mol. The van der Waals surface area contributed by atoms with Gasteiger partial charge in [0.2, 0.25) is 5.91 Å². The van der Waals surface area contributed by atoms with Gasteiger partial charge in [0.1, 0.15) is 0 Å². The predicted octanol–water partition coefficient (Wildman–Crippen LogP) is 2.23. The van der Waals surface area contributed by atoms with Crippen molar-refractivity contribution < 1.29 is 9.59 Å². The molecule has 0 aliphatic heterocycles. The number of carbonyl (C=O) groups is 2. The van der Waals surface area contributed by atoms with Gasteiger partial charge < -0.3 is 0 Å². The number of nitrogens with one attached hydrogen (secondary N) is 2. The molecular formula is C17H21N3O2. The third-order valence-electron chi connectivity index (χ3n) is 5.54. The van der Waals surface area contributed by atoms with Crippen molar-refractivity contribution in [3.8, 4) is 0 Å². The summed E-state index contributed by atoms with van der Waals surface area (Å²) >= 11 is 0. The Morgan fingerprint density at radius 1 is 1.36 bits per heavy atom. The lowest BCUT2D eigenvalue weighted by Crippen LogP contribution is -2.49. The number of carbonyl (C=O) groups excluding carboxylic acids is 2. The monoisotopic (exact) mass is 299 g/mol. The van der Waals surface area contributed by atoms with E-state index in [0.29, 0.717) is 11.5 Å². The maximum Gasteiger partial charge on any atom is 0.271 e. The standard InChI is InChI=1S/C17H21N3O2/c1-11-16(2,3)13-6-7-17(11,9-13)15(22)20-19-14(21)12-5-4-8-18-10-12/h4-5,8,10,13H,1,6-7,9H2,2-3H3,(H,19,21)(H,20,22). The second kappa shape index (κ2) is 4.93. The van der Waals surface area contributed by atoms with Crippen LogP contribution in [0.25, 0.3) is 0 Å². The number of rotatable bonds is 2. The summed E-state index contributed by atoms with van der Waals surface area (Å²) in [5.41, 5.74) is 5.92. The van der Waals surface area contributed by atoms with E-state index in [1.807, 2.05) is 0 Å². The Hall–Kier alpha value is -2.17. The Kier molecular flexibility index (Phi) is 3.31. The van der Waals surface area contributed by atoms with E-state index in [2.05, 4.69) is 36.3 Å².